The van der Waals surface area contributed by atoms with Gasteiger partial charge in [0.2, 0.25) is 11.0 Å². The fourth-order valence-electron chi connectivity index (χ4n) is 1.52. The summed E-state index contributed by atoms with van der Waals surface area (Å²) in [7, 11) is 0. The summed E-state index contributed by atoms with van der Waals surface area (Å²) in [5.74, 6) is 1.10. The fraction of sp³-hybridized carbons (Fsp3) is 0.500. The van der Waals surface area contributed by atoms with Crippen LogP contribution in [0.3, 0.4) is 0 Å². The van der Waals surface area contributed by atoms with E-state index in [1.165, 1.54) is 23.1 Å². The van der Waals surface area contributed by atoms with E-state index in [1.807, 2.05) is 18.4 Å². The van der Waals surface area contributed by atoms with Gasteiger partial charge in [-0.05, 0) is 6.92 Å². The molecule has 0 saturated heterocycles. The second-order valence-corrected chi connectivity index (χ2v) is 5.35. The van der Waals surface area contributed by atoms with E-state index in [9.17, 15) is 4.79 Å². The van der Waals surface area contributed by atoms with Crippen molar-refractivity contribution in [3.05, 3.63) is 11.3 Å². The summed E-state index contributed by atoms with van der Waals surface area (Å²) in [6.07, 6.45) is 0.832. The second-order valence-electron chi connectivity index (χ2n) is 3.58. The van der Waals surface area contributed by atoms with Gasteiger partial charge in [-0.1, -0.05) is 30.0 Å². The molecule has 102 valence electrons. The lowest BCUT2D eigenvalue weighted by Gasteiger charge is -2.05. The minimum absolute atomic E-state index is 0.120. The van der Waals surface area contributed by atoms with E-state index < -0.39 is 0 Å². The number of thioether (sulfide) groups is 1. The number of carbonyl (C=O) groups is 1. The van der Waals surface area contributed by atoms with Gasteiger partial charge in [0.15, 0.2) is 5.16 Å². The Labute approximate surface area is 118 Å². The molecule has 0 aromatic carbocycles. The van der Waals surface area contributed by atoms with Crippen molar-refractivity contribution >= 4 is 34.1 Å². The summed E-state index contributed by atoms with van der Waals surface area (Å²) in [4.78, 5) is 11.7. The van der Waals surface area contributed by atoms with Crippen molar-refractivity contribution in [3.8, 4) is 0 Å². The summed E-state index contributed by atoms with van der Waals surface area (Å²) < 4.78 is 2.02. The molecule has 1 amide bonds. The summed E-state index contributed by atoms with van der Waals surface area (Å²) in [5.41, 5.74) is 1.57. The molecule has 2 heterocycles. The first kappa shape index (κ1) is 13.9. The lowest BCUT2D eigenvalue weighted by molar-refractivity contribution is -0.113. The first-order valence-corrected chi connectivity index (χ1v) is 7.72. The minimum atomic E-state index is -0.120. The Morgan fingerprint density at radius 2 is 2.26 bits per heavy atom. The summed E-state index contributed by atoms with van der Waals surface area (Å²) in [6, 6.07) is 0. The average molecular weight is 298 g/mol. The quantitative estimate of drug-likeness (QED) is 0.812. The third-order valence-electron chi connectivity index (χ3n) is 2.36. The molecule has 1 N–H and O–H groups in total. The van der Waals surface area contributed by atoms with Gasteiger partial charge in [0.1, 0.15) is 11.3 Å². The number of hydrogen-bond acceptors (Lipinski definition) is 7. The molecule has 0 aliphatic heterocycles. The van der Waals surface area contributed by atoms with Crippen LogP contribution in [0.2, 0.25) is 0 Å². The Morgan fingerprint density at radius 1 is 1.42 bits per heavy atom. The number of anilines is 1. The van der Waals surface area contributed by atoms with E-state index >= 15 is 0 Å². The maximum atomic E-state index is 11.7. The zero-order valence-electron chi connectivity index (χ0n) is 10.7. The molecule has 7 nitrogen and oxygen atoms in total. The smallest absolute Gasteiger partial charge is 0.236 e. The highest BCUT2D eigenvalue weighted by Gasteiger charge is 2.12. The lowest BCUT2D eigenvalue weighted by atomic mass is 10.4. The number of nitrogens with one attached hydrogen (secondary N) is 1. The molecule has 2 aromatic rings. The number of hydrogen-bond donors (Lipinski definition) is 1. The van der Waals surface area contributed by atoms with Crippen molar-refractivity contribution in [2.24, 2.45) is 0 Å². The molecule has 0 atom stereocenters. The molecular formula is C10H14N6OS2. The molecule has 0 spiro atoms. The van der Waals surface area contributed by atoms with E-state index in [1.54, 1.807) is 5.51 Å². The van der Waals surface area contributed by atoms with E-state index in [0.717, 1.165) is 23.9 Å². The van der Waals surface area contributed by atoms with Crippen LogP contribution in [0.15, 0.2) is 10.7 Å². The van der Waals surface area contributed by atoms with Gasteiger partial charge in [0, 0.05) is 13.0 Å². The Hall–Kier alpha value is -1.48. The van der Waals surface area contributed by atoms with E-state index in [-0.39, 0.29) is 11.7 Å². The topological polar surface area (TPSA) is 85.6 Å². The van der Waals surface area contributed by atoms with Crippen LogP contribution in [0.5, 0.6) is 0 Å². The zero-order chi connectivity index (χ0) is 13.7. The van der Waals surface area contributed by atoms with E-state index in [2.05, 4.69) is 25.7 Å². The van der Waals surface area contributed by atoms with Crippen molar-refractivity contribution in [2.75, 3.05) is 11.1 Å². The predicted molar refractivity (Wildman–Crippen MR) is 74.3 cm³/mol. The SMILES string of the molecule is CCc1nnc(SCC(=O)Nc2nncs2)n1CC. The largest absolute Gasteiger partial charge is 0.306 e. The standard InChI is InChI=1S/C10H14N6OS2/c1-3-7-13-15-10(16(7)4-2)18-5-8(17)12-9-14-11-6-19-9/h6H,3-5H2,1-2H3,(H,12,14,17). The molecular weight excluding hydrogens is 284 g/mol. The number of amides is 1. The molecule has 0 fully saturated rings. The second kappa shape index (κ2) is 6.62. The fourth-order valence-corrected chi connectivity index (χ4v) is 2.80. The Morgan fingerprint density at radius 3 is 2.89 bits per heavy atom. The van der Waals surface area contributed by atoms with Gasteiger partial charge in [0.25, 0.3) is 0 Å². The van der Waals surface area contributed by atoms with Crippen LogP contribution in [-0.4, -0.2) is 36.6 Å². The normalized spacial score (nSPS) is 10.6. The van der Waals surface area contributed by atoms with Crippen molar-refractivity contribution in [1.29, 1.82) is 0 Å². The van der Waals surface area contributed by atoms with Crippen molar-refractivity contribution in [1.82, 2.24) is 25.0 Å². The van der Waals surface area contributed by atoms with Gasteiger partial charge >= 0.3 is 0 Å². The van der Waals surface area contributed by atoms with Crippen molar-refractivity contribution in [2.45, 2.75) is 32.0 Å². The van der Waals surface area contributed by atoms with Gasteiger partial charge in [0.05, 0.1) is 5.75 Å². The number of nitrogens with zero attached hydrogens (tertiary/aromatic N) is 5. The van der Waals surface area contributed by atoms with Crippen LogP contribution in [-0.2, 0) is 17.8 Å². The summed E-state index contributed by atoms with van der Waals surface area (Å²) >= 11 is 2.66. The lowest BCUT2D eigenvalue weighted by Crippen LogP contribution is -2.14. The maximum Gasteiger partial charge on any atom is 0.236 e. The number of rotatable bonds is 6. The van der Waals surface area contributed by atoms with Crippen LogP contribution in [0.1, 0.15) is 19.7 Å². The first-order chi connectivity index (χ1) is 9.24. The molecule has 0 unspecified atom stereocenters. The highest BCUT2D eigenvalue weighted by molar-refractivity contribution is 7.99. The molecule has 0 bridgehead atoms. The molecule has 9 heteroatoms. The van der Waals surface area contributed by atoms with Crippen LogP contribution >= 0.6 is 23.1 Å². The maximum absolute atomic E-state index is 11.7. The average Bonchev–Trinajstić information content (AvgIpc) is 3.04. The van der Waals surface area contributed by atoms with Gasteiger partial charge in [-0.2, -0.15) is 0 Å². The van der Waals surface area contributed by atoms with Gasteiger partial charge in [-0.15, -0.1) is 20.4 Å². The van der Waals surface area contributed by atoms with E-state index in [0.29, 0.717) is 5.13 Å². The Bertz CT molecular complexity index is 538. The minimum Gasteiger partial charge on any atom is -0.306 e. The van der Waals surface area contributed by atoms with Crippen LogP contribution in [0, 0.1) is 0 Å². The van der Waals surface area contributed by atoms with Gasteiger partial charge in [-0.25, -0.2) is 0 Å². The Kier molecular flexibility index (Phi) is 4.86. The summed E-state index contributed by atoms with van der Waals surface area (Å²) in [6.45, 7) is 4.87. The molecule has 0 saturated carbocycles. The van der Waals surface area contributed by atoms with E-state index in [4.69, 9.17) is 0 Å². The van der Waals surface area contributed by atoms with Crippen LogP contribution in [0.4, 0.5) is 5.13 Å². The third kappa shape index (κ3) is 3.51. The molecule has 2 rings (SSSR count). The molecule has 2 aromatic heterocycles. The first-order valence-electron chi connectivity index (χ1n) is 5.85. The number of carbonyl (C=O) groups excluding carboxylic acids is 1. The molecule has 0 aliphatic rings. The molecule has 19 heavy (non-hydrogen) atoms. The Balaban J connectivity index is 1.91. The third-order valence-corrected chi connectivity index (χ3v) is 3.94. The number of aromatic nitrogens is 5. The monoisotopic (exact) mass is 298 g/mol. The number of aryl methyl sites for hydroxylation is 1. The zero-order valence-corrected chi connectivity index (χ0v) is 12.3. The predicted octanol–water partition coefficient (Wildman–Crippen LogP) is 1.44. The summed E-state index contributed by atoms with van der Waals surface area (Å²) in [5, 5.41) is 19.6. The highest BCUT2D eigenvalue weighted by Crippen LogP contribution is 2.18. The van der Waals surface area contributed by atoms with Gasteiger partial charge in [-0.3, -0.25) is 10.1 Å². The van der Waals surface area contributed by atoms with Crippen molar-refractivity contribution < 1.29 is 4.79 Å². The highest BCUT2D eigenvalue weighted by atomic mass is 32.2. The van der Waals surface area contributed by atoms with Gasteiger partial charge < -0.3 is 4.57 Å². The molecule has 0 aliphatic carbocycles. The van der Waals surface area contributed by atoms with Crippen molar-refractivity contribution in [3.63, 3.8) is 0 Å². The molecule has 0 radical (unpaired) electrons. The van der Waals surface area contributed by atoms with Crippen LogP contribution < -0.4 is 5.32 Å². The van der Waals surface area contributed by atoms with Crippen LogP contribution in [0.25, 0.3) is 0 Å².